The lowest BCUT2D eigenvalue weighted by Crippen LogP contribution is -2.24. The first-order valence-corrected chi connectivity index (χ1v) is 4.94. The Morgan fingerprint density at radius 2 is 2.00 bits per heavy atom. The summed E-state index contributed by atoms with van der Waals surface area (Å²) >= 11 is 0. The number of halogens is 1. The number of rotatable bonds is 1. The van der Waals surface area contributed by atoms with Gasteiger partial charge >= 0.3 is 0 Å². The van der Waals surface area contributed by atoms with Crippen molar-refractivity contribution in [2.24, 2.45) is 0 Å². The Morgan fingerprint density at radius 3 is 2.60 bits per heavy atom. The molecule has 0 bridgehead atoms. The second kappa shape index (κ2) is 3.93. The van der Waals surface area contributed by atoms with Crippen LogP contribution in [-0.4, -0.2) is 20.7 Å². The van der Waals surface area contributed by atoms with Crippen LogP contribution in [0.1, 0.15) is 19.4 Å². The van der Waals surface area contributed by atoms with Gasteiger partial charge in [-0.25, -0.2) is 0 Å². The van der Waals surface area contributed by atoms with Gasteiger partial charge in [0.05, 0.1) is 7.11 Å². The Labute approximate surface area is 97.6 Å². The van der Waals surface area contributed by atoms with Gasteiger partial charge in [-0.1, -0.05) is 13.8 Å². The Morgan fingerprint density at radius 1 is 1.33 bits per heavy atom. The summed E-state index contributed by atoms with van der Waals surface area (Å²) in [5.41, 5.74) is 2.95. The van der Waals surface area contributed by atoms with Crippen LogP contribution in [0.25, 0.3) is 0 Å². The summed E-state index contributed by atoms with van der Waals surface area (Å²) < 4.78 is 5.25. The van der Waals surface area contributed by atoms with E-state index in [4.69, 9.17) is 4.74 Å². The third kappa shape index (κ3) is 1.91. The average molecular weight is 228 g/mol. The first kappa shape index (κ1) is 12.2. The largest absolute Gasteiger partial charge is 0.497 e. The third-order valence-electron chi connectivity index (χ3n) is 2.98. The van der Waals surface area contributed by atoms with E-state index < -0.39 is 0 Å². The normalized spacial score (nSPS) is 16.9. The van der Waals surface area contributed by atoms with Crippen molar-refractivity contribution < 1.29 is 4.74 Å². The van der Waals surface area contributed by atoms with Gasteiger partial charge < -0.3 is 9.64 Å². The Hall–Kier alpha value is -0.890. The Kier molecular flexibility index (Phi) is 3.19. The number of benzene rings is 1. The predicted octanol–water partition coefficient (Wildman–Crippen LogP) is 2.84. The molecule has 0 unspecified atom stereocenters. The molecule has 1 aromatic rings. The van der Waals surface area contributed by atoms with E-state index in [9.17, 15) is 0 Å². The minimum Gasteiger partial charge on any atom is -0.497 e. The predicted molar refractivity (Wildman–Crippen MR) is 66.5 cm³/mol. The van der Waals surface area contributed by atoms with E-state index in [0.717, 1.165) is 12.3 Å². The van der Waals surface area contributed by atoms with Crippen molar-refractivity contribution in [3.63, 3.8) is 0 Å². The maximum absolute atomic E-state index is 5.25. The van der Waals surface area contributed by atoms with Crippen LogP contribution in [0, 0.1) is 0 Å². The summed E-state index contributed by atoms with van der Waals surface area (Å²) in [5, 5.41) is 0. The van der Waals surface area contributed by atoms with Crippen molar-refractivity contribution in [1.82, 2.24) is 0 Å². The van der Waals surface area contributed by atoms with Crippen LogP contribution in [-0.2, 0) is 5.41 Å². The smallest absolute Gasteiger partial charge is 0.119 e. The van der Waals surface area contributed by atoms with Crippen molar-refractivity contribution in [2.75, 3.05) is 25.6 Å². The zero-order valence-electron chi connectivity index (χ0n) is 9.70. The lowest BCUT2D eigenvalue weighted by Gasteiger charge is -2.18. The first-order valence-electron chi connectivity index (χ1n) is 4.94. The summed E-state index contributed by atoms with van der Waals surface area (Å²) in [6.07, 6.45) is 0. The van der Waals surface area contributed by atoms with Crippen LogP contribution in [0.15, 0.2) is 18.2 Å². The number of anilines is 1. The summed E-state index contributed by atoms with van der Waals surface area (Å²) in [5.74, 6) is 0.951. The molecule has 0 saturated carbocycles. The van der Waals surface area contributed by atoms with Crippen molar-refractivity contribution in [3.8, 4) is 5.75 Å². The molecule has 1 heterocycles. The maximum Gasteiger partial charge on any atom is 0.119 e. The molecule has 2 nitrogen and oxygen atoms in total. The number of hydrogen-bond acceptors (Lipinski definition) is 2. The molecule has 1 aromatic carbocycles. The van der Waals surface area contributed by atoms with E-state index in [0.29, 0.717) is 0 Å². The quantitative estimate of drug-likeness (QED) is 0.732. The van der Waals surface area contributed by atoms with Crippen LogP contribution in [0.3, 0.4) is 0 Å². The van der Waals surface area contributed by atoms with Crippen LogP contribution < -0.4 is 9.64 Å². The highest BCUT2D eigenvalue weighted by Gasteiger charge is 2.33. The van der Waals surface area contributed by atoms with E-state index in [2.05, 4.69) is 37.9 Å². The molecule has 84 valence electrons. The molecule has 15 heavy (non-hydrogen) atoms. The Balaban J connectivity index is 0.00000112. The molecule has 0 amide bonds. The molecular weight excluding hydrogens is 210 g/mol. The van der Waals surface area contributed by atoms with Crippen molar-refractivity contribution in [1.29, 1.82) is 0 Å². The van der Waals surface area contributed by atoms with Crippen LogP contribution in [0.2, 0.25) is 0 Å². The molecule has 0 atom stereocenters. The van der Waals surface area contributed by atoms with Gasteiger partial charge in [0.15, 0.2) is 0 Å². The topological polar surface area (TPSA) is 12.5 Å². The number of ether oxygens (including phenoxy) is 1. The van der Waals surface area contributed by atoms with E-state index in [-0.39, 0.29) is 17.8 Å². The minimum absolute atomic E-state index is 0. The highest BCUT2D eigenvalue weighted by molar-refractivity contribution is 5.85. The monoisotopic (exact) mass is 227 g/mol. The summed E-state index contributed by atoms with van der Waals surface area (Å²) in [7, 11) is 3.85. The van der Waals surface area contributed by atoms with Gasteiger partial charge in [-0.2, -0.15) is 0 Å². The van der Waals surface area contributed by atoms with Crippen molar-refractivity contribution in [3.05, 3.63) is 23.8 Å². The van der Waals surface area contributed by atoms with Gasteiger partial charge in [-0.05, 0) is 23.8 Å². The second-order valence-electron chi connectivity index (χ2n) is 4.62. The Bertz CT molecular complexity index is 363. The van der Waals surface area contributed by atoms with Gasteiger partial charge in [0.1, 0.15) is 5.75 Å². The van der Waals surface area contributed by atoms with Gasteiger partial charge in [-0.3, -0.25) is 0 Å². The van der Waals surface area contributed by atoms with E-state index in [1.165, 1.54) is 11.3 Å². The molecule has 1 aliphatic heterocycles. The zero-order valence-corrected chi connectivity index (χ0v) is 10.5. The maximum atomic E-state index is 5.25. The van der Waals surface area contributed by atoms with E-state index >= 15 is 0 Å². The summed E-state index contributed by atoms with van der Waals surface area (Å²) in [4.78, 5) is 2.30. The second-order valence-corrected chi connectivity index (χ2v) is 4.62. The number of nitrogens with zero attached hydrogens (tertiary/aromatic N) is 1. The summed E-state index contributed by atoms with van der Waals surface area (Å²) in [6, 6.07) is 6.32. The third-order valence-corrected chi connectivity index (χ3v) is 2.98. The minimum atomic E-state index is 0. The van der Waals surface area contributed by atoms with Gasteiger partial charge in [0.25, 0.3) is 0 Å². The van der Waals surface area contributed by atoms with Crippen LogP contribution in [0.4, 0.5) is 5.69 Å². The van der Waals surface area contributed by atoms with Crippen molar-refractivity contribution >= 4 is 18.1 Å². The van der Waals surface area contributed by atoms with Crippen molar-refractivity contribution in [2.45, 2.75) is 19.3 Å². The van der Waals surface area contributed by atoms with E-state index in [1.807, 2.05) is 6.07 Å². The van der Waals surface area contributed by atoms with Gasteiger partial charge in [-0.15, -0.1) is 12.4 Å². The fourth-order valence-electron chi connectivity index (χ4n) is 2.28. The molecular formula is C12H18ClNO. The number of hydrogen-bond donors (Lipinski definition) is 0. The summed E-state index contributed by atoms with van der Waals surface area (Å²) in [6.45, 7) is 5.62. The molecule has 0 aliphatic carbocycles. The molecule has 0 N–H and O–H groups in total. The van der Waals surface area contributed by atoms with Gasteiger partial charge in [0, 0.05) is 24.7 Å². The fraction of sp³-hybridized carbons (Fsp3) is 0.500. The molecule has 0 spiro atoms. The number of methoxy groups -OCH3 is 1. The zero-order chi connectivity index (χ0) is 10.3. The van der Waals surface area contributed by atoms with E-state index in [1.54, 1.807) is 7.11 Å². The first-order chi connectivity index (χ1) is 6.54. The molecule has 0 radical (unpaired) electrons. The number of fused-ring (bicyclic) bond motifs is 1. The molecule has 3 heteroatoms. The lowest BCUT2D eigenvalue weighted by molar-refractivity contribution is 0.413. The standard InChI is InChI=1S/C12H17NO.ClH/c1-12(2)8-13(3)11-6-5-9(14-4)7-10(11)12;/h5-7H,8H2,1-4H3;1H. The average Bonchev–Trinajstić information content (AvgIpc) is 2.37. The molecule has 0 saturated heterocycles. The molecule has 1 aliphatic rings. The highest BCUT2D eigenvalue weighted by atomic mass is 35.5. The van der Waals surface area contributed by atoms with Gasteiger partial charge in [0.2, 0.25) is 0 Å². The SMILES string of the molecule is COc1ccc2c(c1)C(C)(C)CN2C.Cl. The van der Waals surface area contributed by atoms with Crippen LogP contribution in [0.5, 0.6) is 5.75 Å². The van der Waals surface area contributed by atoms with Crippen LogP contribution >= 0.6 is 12.4 Å². The fourth-order valence-corrected chi connectivity index (χ4v) is 2.28. The lowest BCUT2D eigenvalue weighted by atomic mass is 9.87. The molecule has 0 fully saturated rings. The molecule has 0 aromatic heterocycles. The molecule has 2 rings (SSSR count). The number of likely N-dealkylation sites (N-methyl/N-ethyl adjacent to an activating group) is 1. The highest BCUT2D eigenvalue weighted by Crippen LogP contribution is 2.41.